The van der Waals surface area contributed by atoms with Gasteiger partial charge in [0.25, 0.3) is 0 Å². The van der Waals surface area contributed by atoms with Crippen molar-refractivity contribution in [1.82, 2.24) is 5.32 Å². The smallest absolute Gasteiger partial charge is 0.303 e. The number of thioether (sulfide) groups is 1. The highest BCUT2D eigenvalue weighted by atomic mass is 32.2. The van der Waals surface area contributed by atoms with Gasteiger partial charge in [-0.2, -0.15) is 11.8 Å². The van der Waals surface area contributed by atoms with Crippen molar-refractivity contribution in [2.45, 2.75) is 19.3 Å². The van der Waals surface area contributed by atoms with E-state index in [0.717, 1.165) is 17.9 Å². The van der Waals surface area contributed by atoms with Crippen molar-refractivity contribution in [2.24, 2.45) is 0 Å². The molecule has 0 unspecified atom stereocenters. The molecule has 0 aliphatic rings. The van der Waals surface area contributed by atoms with Gasteiger partial charge in [-0.05, 0) is 12.2 Å². The number of rotatable bonds is 9. The van der Waals surface area contributed by atoms with Crippen LogP contribution in [0.3, 0.4) is 0 Å². The topological polar surface area (TPSA) is 86.6 Å². The Bertz CT molecular complexity index is 199. The minimum Gasteiger partial charge on any atom is -0.481 e. The number of nitrogens with one attached hydrogen (secondary N) is 1. The number of aliphatic hydroxyl groups is 1. The van der Waals surface area contributed by atoms with Gasteiger partial charge in [-0.15, -0.1) is 0 Å². The van der Waals surface area contributed by atoms with Crippen LogP contribution in [0, 0.1) is 0 Å². The first kappa shape index (κ1) is 14.2. The summed E-state index contributed by atoms with van der Waals surface area (Å²) in [6.07, 6.45) is 0.678. The maximum Gasteiger partial charge on any atom is 0.303 e. The molecule has 0 aromatic rings. The average Bonchev–Trinajstić information content (AvgIpc) is 2.20. The molecule has 0 aliphatic heterocycles. The first-order valence-corrected chi connectivity index (χ1v) is 5.99. The molecule has 3 N–H and O–H groups in total. The number of hydrogen-bond acceptors (Lipinski definition) is 4. The van der Waals surface area contributed by atoms with E-state index in [1.165, 1.54) is 0 Å². The molecule has 0 fully saturated rings. The number of aliphatic carboxylic acids is 1. The average molecular weight is 235 g/mol. The van der Waals surface area contributed by atoms with Crippen molar-refractivity contribution < 1.29 is 19.8 Å². The number of amides is 1. The molecule has 0 atom stereocenters. The standard InChI is InChI=1S/C9H17NO4S/c11-5-1-6-15-7-4-10-8(12)2-3-9(13)14/h11H,1-7H2,(H,10,12)(H,13,14). The highest BCUT2D eigenvalue weighted by Gasteiger charge is 2.03. The van der Waals surface area contributed by atoms with E-state index in [4.69, 9.17) is 10.2 Å². The Morgan fingerprint density at radius 1 is 1.20 bits per heavy atom. The SMILES string of the molecule is O=C(O)CCC(=O)NCCSCCCO. The number of carboxylic acid groups (broad SMARTS) is 1. The summed E-state index contributed by atoms with van der Waals surface area (Å²) in [5.41, 5.74) is 0. The fourth-order valence-corrected chi connectivity index (χ4v) is 1.62. The van der Waals surface area contributed by atoms with Gasteiger partial charge in [0.1, 0.15) is 0 Å². The van der Waals surface area contributed by atoms with Gasteiger partial charge in [0.15, 0.2) is 0 Å². The van der Waals surface area contributed by atoms with E-state index in [1.807, 2.05) is 0 Å². The van der Waals surface area contributed by atoms with Gasteiger partial charge in [-0.3, -0.25) is 9.59 Å². The third kappa shape index (κ3) is 11.2. The van der Waals surface area contributed by atoms with Gasteiger partial charge in [-0.25, -0.2) is 0 Å². The molecule has 0 aliphatic carbocycles. The third-order valence-corrected chi connectivity index (χ3v) is 2.65. The molecule has 6 heteroatoms. The van der Waals surface area contributed by atoms with Crippen molar-refractivity contribution in [3.63, 3.8) is 0 Å². The molecule has 0 heterocycles. The lowest BCUT2D eigenvalue weighted by molar-refractivity contribution is -0.138. The maximum absolute atomic E-state index is 11.0. The lowest BCUT2D eigenvalue weighted by Gasteiger charge is -2.03. The third-order valence-electron chi connectivity index (χ3n) is 1.58. The summed E-state index contributed by atoms with van der Waals surface area (Å²) in [4.78, 5) is 21.2. The van der Waals surface area contributed by atoms with Crippen molar-refractivity contribution in [1.29, 1.82) is 0 Å². The molecule has 1 amide bonds. The highest BCUT2D eigenvalue weighted by molar-refractivity contribution is 7.99. The van der Waals surface area contributed by atoms with Crippen LogP contribution >= 0.6 is 11.8 Å². The molecular weight excluding hydrogens is 218 g/mol. The van der Waals surface area contributed by atoms with Crippen LogP contribution in [0.25, 0.3) is 0 Å². The van der Waals surface area contributed by atoms with E-state index in [9.17, 15) is 9.59 Å². The first-order chi connectivity index (χ1) is 7.16. The van der Waals surface area contributed by atoms with Crippen LogP contribution in [0.5, 0.6) is 0 Å². The quantitative estimate of drug-likeness (QED) is 0.493. The van der Waals surface area contributed by atoms with Gasteiger partial charge in [0, 0.05) is 25.3 Å². The molecule has 0 rings (SSSR count). The molecule has 0 aromatic carbocycles. The van der Waals surface area contributed by atoms with Crippen LogP contribution in [0.15, 0.2) is 0 Å². The van der Waals surface area contributed by atoms with Crippen molar-refractivity contribution in [3.8, 4) is 0 Å². The predicted molar refractivity (Wildman–Crippen MR) is 58.9 cm³/mol. The van der Waals surface area contributed by atoms with Crippen molar-refractivity contribution >= 4 is 23.6 Å². The Hall–Kier alpha value is -0.750. The Morgan fingerprint density at radius 2 is 1.93 bits per heavy atom. The summed E-state index contributed by atoms with van der Waals surface area (Å²) in [7, 11) is 0. The van der Waals surface area contributed by atoms with E-state index in [-0.39, 0.29) is 25.4 Å². The number of aliphatic hydroxyl groups excluding tert-OH is 1. The monoisotopic (exact) mass is 235 g/mol. The molecule has 0 saturated heterocycles. The zero-order chi connectivity index (χ0) is 11.5. The second kappa shape index (κ2) is 9.79. The zero-order valence-electron chi connectivity index (χ0n) is 8.57. The zero-order valence-corrected chi connectivity index (χ0v) is 9.39. The summed E-state index contributed by atoms with van der Waals surface area (Å²) in [6.45, 7) is 0.743. The van der Waals surface area contributed by atoms with Crippen LogP contribution in [0.1, 0.15) is 19.3 Å². The molecule has 0 bridgehead atoms. The number of carbonyl (C=O) groups excluding carboxylic acids is 1. The lowest BCUT2D eigenvalue weighted by atomic mass is 10.3. The van der Waals surface area contributed by atoms with Gasteiger partial charge in [0.05, 0.1) is 6.42 Å². The van der Waals surface area contributed by atoms with Crippen molar-refractivity contribution in [2.75, 3.05) is 24.7 Å². The van der Waals surface area contributed by atoms with Gasteiger partial charge >= 0.3 is 5.97 Å². The minimum atomic E-state index is -0.956. The van der Waals surface area contributed by atoms with Gasteiger partial charge < -0.3 is 15.5 Å². The van der Waals surface area contributed by atoms with Crippen molar-refractivity contribution in [3.05, 3.63) is 0 Å². The van der Waals surface area contributed by atoms with E-state index < -0.39 is 5.97 Å². The van der Waals surface area contributed by atoms with Crippen LogP contribution in [0.4, 0.5) is 0 Å². The summed E-state index contributed by atoms with van der Waals surface area (Å²) in [5.74, 6) is 0.489. The second-order valence-corrected chi connectivity index (χ2v) is 4.16. The van der Waals surface area contributed by atoms with Crippen LogP contribution in [0.2, 0.25) is 0 Å². The molecule has 88 valence electrons. The maximum atomic E-state index is 11.0. The first-order valence-electron chi connectivity index (χ1n) is 4.84. The van der Waals surface area contributed by atoms with E-state index in [2.05, 4.69) is 5.32 Å². The van der Waals surface area contributed by atoms with Crippen LogP contribution in [-0.4, -0.2) is 46.7 Å². The Balaban J connectivity index is 3.20. The van der Waals surface area contributed by atoms with Crippen LogP contribution < -0.4 is 5.32 Å². The van der Waals surface area contributed by atoms with Gasteiger partial charge in [0.2, 0.25) is 5.91 Å². The molecule has 5 nitrogen and oxygen atoms in total. The molecule has 0 aromatic heterocycles. The molecule has 0 saturated carbocycles. The fourth-order valence-electron chi connectivity index (χ4n) is 0.840. The number of hydrogen-bond donors (Lipinski definition) is 3. The predicted octanol–water partition coefficient (Wildman–Crippen LogP) is 0.0830. The Morgan fingerprint density at radius 3 is 2.53 bits per heavy atom. The lowest BCUT2D eigenvalue weighted by Crippen LogP contribution is -2.26. The Kier molecular flexibility index (Phi) is 9.30. The van der Waals surface area contributed by atoms with E-state index >= 15 is 0 Å². The second-order valence-electron chi connectivity index (χ2n) is 2.93. The van der Waals surface area contributed by atoms with E-state index in [1.54, 1.807) is 11.8 Å². The fraction of sp³-hybridized carbons (Fsp3) is 0.778. The number of carbonyl (C=O) groups is 2. The molecule has 15 heavy (non-hydrogen) atoms. The van der Waals surface area contributed by atoms with Gasteiger partial charge in [-0.1, -0.05) is 0 Å². The summed E-state index contributed by atoms with van der Waals surface area (Å²) in [5, 5.41) is 19.4. The molecular formula is C9H17NO4S. The summed E-state index contributed by atoms with van der Waals surface area (Å²) >= 11 is 1.65. The number of carboxylic acids is 1. The van der Waals surface area contributed by atoms with E-state index in [0.29, 0.717) is 6.54 Å². The minimum absolute atomic E-state index is 0.0383. The van der Waals surface area contributed by atoms with Crippen LogP contribution in [-0.2, 0) is 9.59 Å². The molecule has 0 radical (unpaired) electrons. The summed E-state index contributed by atoms with van der Waals surface area (Å²) in [6, 6.07) is 0. The Labute approximate surface area is 93.2 Å². The molecule has 0 spiro atoms. The largest absolute Gasteiger partial charge is 0.481 e. The highest BCUT2D eigenvalue weighted by Crippen LogP contribution is 2.00. The summed E-state index contributed by atoms with van der Waals surface area (Å²) < 4.78 is 0. The normalized spacial score (nSPS) is 9.93.